The van der Waals surface area contributed by atoms with E-state index in [-0.39, 0.29) is 7.43 Å². The minimum Gasteiger partial charge on any atom is -0.368 e. The van der Waals surface area contributed by atoms with E-state index in [4.69, 9.17) is 0 Å². The Balaban J connectivity index is 0.00000218. The normalized spacial score (nSPS) is 14.1. The molecule has 0 atom stereocenters. The van der Waals surface area contributed by atoms with Crippen LogP contribution in [0.25, 0.3) is 22.0 Å². The lowest BCUT2D eigenvalue weighted by atomic mass is 10.1. The average Bonchev–Trinajstić information content (AvgIpc) is 3.27. The summed E-state index contributed by atoms with van der Waals surface area (Å²) < 4.78 is 27.1. The minimum absolute atomic E-state index is 0. The van der Waals surface area contributed by atoms with E-state index in [1.165, 1.54) is 12.1 Å². The third kappa shape index (κ3) is 3.68. The number of anilines is 2. The van der Waals surface area contributed by atoms with Gasteiger partial charge in [0.2, 0.25) is 0 Å². The highest BCUT2D eigenvalue weighted by molar-refractivity contribution is 5.92. The number of halogens is 2. The Labute approximate surface area is 173 Å². The van der Waals surface area contributed by atoms with Gasteiger partial charge in [0.25, 0.3) is 0 Å². The molecule has 1 N–H and O–H groups in total. The number of rotatable bonds is 3. The fraction of sp³-hybridized carbons (Fsp3) is 0.227. The Morgan fingerprint density at radius 1 is 0.833 bits per heavy atom. The van der Waals surface area contributed by atoms with Crippen molar-refractivity contribution in [3.8, 4) is 11.1 Å². The molecule has 0 spiro atoms. The number of hydrogen-bond acceptors (Lipinski definition) is 5. The van der Waals surface area contributed by atoms with Crippen molar-refractivity contribution in [2.45, 2.75) is 7.43 Å². The van der Waals surface area contributed by atoms with Crippen molar-refractivity contribution in [1.29, 1.82) is 0 Å². The van der Waals surface area contributed by atoms with Crippen LogP contribution in [0.5, 0.6) is 0 Å². The SMILES string of the molecule is C.Fc1cc(F)cc(N2CCN(c3ncnc4ccc(-c5cn[nH]c5)cc34)CC2)c1. The number of H-pyrrole nitrogens is 1. The zero-order valence-electron chi connectivity index (χ0n) is 15.5. The molecule has 8 heteroatoms. The first-order chi connectivity index (χ1) is 14.2. The summed E-state index contributed by atoms with van der Waals surface area (Å²) in [5.74, 6) is -0.252. The second kappa shape index (κ2) is 8.06. The molecule has 0 saturated carbocycles. The lowest BCUT2D eigenvalue weighted by molar-refractivity contribution is 0.578. The number of aromatic amines is 1. The summed E-state index contributed by atoms with van der Waals surface area (Å²) in [5, 5.41) is 7.82. The summed E-state index contributed by atoms with van der Waals surface area (Å²) in [6, 6.07) is 9.70. The lowest BCUT2D eigenvalue weighted by Gasteiger charge is -2.37. The van der Waals surface area contributed by atoms with Crippen LogP contribution in [-0.2, 0) is 0 Å². The van der Waals surface area contributed by atoms with Crippen molar-refractivity contribution in [2.24, 2.45) is 0 Å². The smallest absolute Gasteiger partial charge is 0.140 e. The number of nitrogens with zero attached hydrogens (tertiary/aromatic N) is 5. The number of fused-ring (bicyclic) bond motifs is 1. The minimum atomic E-state index is -0.559. The number of benzene rings is 2. The van der Waals surface area contributed by atoms with Crippen molar-refractivity contribution >= 4 is 22.4 Å². The van der Waals surface area contributed by atoms with E-state index < -0.39 is 11.6 Å². The molecule has 154 valence electrons. The highest BCUT2D eigenvalue weighted by Gasteiger charge is 2.21. The lowest BCUT2D eigenvalue weighted by Crippen LogP contribution is -2.47. The van der Waals surface area contributed by atoms with Gasteiger partial charge in [-0.25, -0.2) is 18.7 Å². The largest absolute Gasteiger partial charge is 0.368 e. The maximum Gasteiger partial charge on any atom is 0.140 e. The van der Waals surface area contributed by atoms with Crippen LogP contribution in [0.15, 0.2) is 55.1 Å². The Morgan fingerprint density at radius 3 is 2.27 bits per heavy atom. The first-order valence-electron chi connectivity index (χ1n) is 9.37. The fourth-order valence-electron chi connectivity index (χ4n) is 3.78. The molecule has 1 aliphatic rings. The predicted molar refractivity (Wildman–Crippen MR) is 115 cm³/mol. The van der Waals surface area contributed by atoms with Crippen LogP contribution in [-0.4, -0.2) is 46.3 Å². The second-order valence-corrected chi connectivity index (χ2v) is 7.02. The van der Waals surface area contributed by atoms with Gasteiger partial charge in [-0.05, 0) is 29.8 Å². The van der Waals surface area contributed by atoms with Gasteiger partial charge >= 0.3 is 0 Å². The van der Waals surface area contributed by atoms with Crippen LogP contribution in [0.1, 0.15) is 7.43 Å². The van der Waals surface area contributed by atoms with Crippen LogP contribution in [0.4, 0.5) is 20.3 Å². The van der Waals surface area contributed by atoms with Gasteiger partial charge in [-0.2, -0.15) is 5.10 Å². The van der Waals surface area contributed by atoms with Gasteiger partial charge in [-0.3, -0.25) is 5.10 Å². The number of nitrogens with one attached hydrogen (secondary N) is 1. The van der Waals surface area contributed by atoms with Crippen molar-refractivity contribution in [2.75, 3.05) is 36.0 Å². The van der Waals surface area contributed by atoms with Gasteiger partial charge in [0.1, 0.15) is 23.8 Å². The average molecular weight is 408 g/mol. The highest BCUT2D eigenvalue weighted by atomic mass is 19.1. The topological polar surface area (TPSA) is 60.9 Å². The van der Waals surface area contributed by atoms with Gasteiger partial charge in [0, 0.05) is 55.1 Å². The molecule has 0 amide bonds. The van der Waals surface area contributed by atoms with E-state index in [1.807, 2.05) is 23.2 Å². The molecule has 6 nitrogen and oxygen atoms in total. The van der Waals surface area contributed by atoms with Gasteiger partial charge < -0.3 is 9.80 Å². The Morgan fingerprint density at radius 2 is 1.57 bits per heavy atom. The van der Waals surface area contributed by atoms with Gasteiger partial charge in [0.05, 0.1) is 11.7 Å². The fourth-order valence-corrected chi connectivity index (χ4v) is 3.78. The van der Waals surface area contributed by atoms with Gasteiger partial charge in [-0.15, -0.1) is 0 Å². The quantitative estimate of drug-likeness (QED) is 0.549. The van der Waals surface area contributed by atoms with Crippen molar-refractivity contribution < 1.29 is 8.78 Å². The first-order valence-corrected chi connectivity index (χ1v) is 9.37. The van der Waals surface area contributed by atoms with Crippen LogP contribution in [0.3, 0.4) is 0 Å². The second-order valence-electron chi connectivity index (χ2n) is 7.02. The molecule has 3 heterocycles. The number of aromatic nitrogens is 4. The standard InChI is InChI=1S/C21H18F2N6.CH4/c22-16-8-17(23)10-18(9-16)28-3-5-29(6-4-28)21-19-7-14(15-11-26-27-12-15)1-2-20(19)24-13-25-21;/h1-2,7-13H,3-6H2,(H,26,27);1H4. The van der Waals surface area contributed by atoms with E-state index >= 15 is 0 Å². The van der Waals surface area contributed by atoms with E-state index in [0.717, 1.165) is 33.9 Å². The number of hydrogen-bond donors (Lipinski definition) is 1. The summed E-state index contributed by atoms with van der Waals surface area (Å²) in [6.45, 7) is 2.69. The van der Waals surface area contributed by atoms with E-state index in [1.54, 1.807) is 12.5 Å². The zero-order chi connectivity index (χ0) is 19.8. The maximum absolute atomic E-state index is 13.6. The maximum atomic E-state index is 13.6. The molecular formula is C22H22F2N6. The van der Waals surface area contributed by atoms with Crippen LogP contribution >= 0.6 is 0 Å². The number of piperazine rings is 1. The molecule has 5 rings (SSSR count). The zero-order valence-corrected chi connectivity index (χ0v) is 15.5. The Bertz CT molecular complexity index is 1130. The molecule has 2 aromatic carbocycles. The summed E-state index contributed by atoms with van der Waals surface area (Å²) >= 11 is 0. The molecule has 2 aromatic heterocycles. The van der Waals surface area contributed by atoms with Gasteiger partial charge in [0.15, 0.2) is 0 Å². The molecule has 1 aliphatic heterocycles. The van der Waals surface area contributed by atoms with Crippen LogP contribution in [0, 0.1) is 11.6 Å². The third-order valence-corrected chi connectivity index (χ3v) is 5.24. The molecule has 30 heavy (non-hydrogen) atoms. The Kier molecular flexibility index (Phi) is 5.31. The van der Waals surface area contributed by atoms with Crippen molar-refractivity contribution in [1.82, 2.24) is 20.2 Å². The molecule has 1 saturated heterocycles. The van der Waals surface area contributed by atoms with Gasteiger partial charge in [-0.1, -0.05) is 13.5 Å². The first kappa shape index (κ1) is 19.8. The molecule has 4 aromatic rings. The molecule has 0 bridgehead atoms. The third-order valence-electron chi connectivity index (χ3n) is 5.24. The molecule has 0 aliphatic carbocycles. The summed E-state index contributed by atoms with van der Waals surface area (Å²) in [5.41, 5.74) is 3.48. The Hall–Kier alpha value is -3.55. The van der Waals surface area contributed by atoms with Crippen molar-refractivity contribution in [3.05, 3.63) is 66.8 Å². The highest BCUT2D eigenvalue weighted by Crippen LogP contribution is 2.29. The van der Waals surface area contributed by atoms with E-state index in [2.05, 4.69) is 31.1 Å². The van der Waals surface area contributed by atoms with E-state index in [0.29, 0.717) is 31.9 Å². The van der Waals surface area contributed by atoms with E-state index in [9.17, 15) is 8.78 Å². The molecule has 0 unspecified atom stereocenters. The molecule has 0 radical (unpaired) electrons. The summed E-state index contributed by atoms with van der Waals surface area (Å²) in [4.78, 5) is 13.1. The van der Waals surface area contributed by atoms with Crippen LogP contribution in [0.2, 0.25) is 0 Å². The predicted octanol–water partition coefficient (Wildman–Crippen LogP) is 4.26. The summed E-state index contributed by atoms with van der Waals surface area (Å²) in [7, 11) is 0. The monoisotopic (exact) mass is 408 g/mol. The molecular weight excluding hydrogens is 386 g/mol. The van der Waals surface area contributed by atoms with Crippen molar-refractivity contribution in [3.63, 3.8) is 0 Å². The van der Waals surface area contributed by atoms with Crippen LogP contribution < -0.4 is 9.80 Å². The summed E-state index contributed by atoms with van der Waals surface area (Å²) in [6.07, 6.45) is 5.20. The molecule has 1 fully saturated rings.